The van der Waals surface area contributed by atoms with Gasteiger partial charge in [0.25, 0.3) is 0 Å². The van der Waals surface area contributed by atoms with E-state index in [1.807, 2.05) is 37.3 Å². The lowest BCUT2D eigenvalue weighted by Crippen LogP contribution is -2.14. The summed E-state index contributed by atoms with van der Waals surface area (Å²) < 4.78 is 5.23. The first-order valence-electron chi connectivity index (χ1n) is 5.40. The number of aliphatic hydroxyl groups excluding tert-OH is 1. The van der Waals surface area contributed by atoms with Crippen molar-refractivity contribution < 1.29 is 5.11 Å². The summed E-state index contributed by atoms with van der Waals surface area (Å²) >= 11 is 2.94. The van der Waals surface area contributed by atoms with Gasteiger partial charge < -0.3 is 5.11 Å². The molecule has 0 radical (unpaired) electrons. The molecule has 0 aliphatic heterocycles. The van der Waals surface area contributed by atoms with Gasteiger partial charge in [-0.2, -0.15) is 4.37 Å². The van der Waals surface area contributed by atoms with Gasteiger partial charge in [-0.25, -0.2) is 4.98 Å². The monoisotopic (exact) mass is 266 g/mol. The molecule has 1 heterocycles. The molecule has 2 aromatic rings. The largest absolute Gasteiger partial charge is 0.392 e. The molecule has 0 saturated carbocycles. The van der Waals surface area contributed by atoms with Crippen molar-refractivity contribution in [1.82, 2.24) is 9.36 Å². The van der Waals surface area contributed by atoms with Gasteiger partial charge in [-0.15, -0.1) is 0 Å². The van der Waals surface area contributed by atoms with Crippen LogP contribution in [0.15, 0.2) is 34.7 Å². The minimum absolute atomic E-state index is 0.131. The SMILES string of the molecule is CC(O)C(C)Sc1nc(-c2ccccc2)ns1. The molecule has 2 rings (SSSR count). The summed E-state index contributed by atoms with van der Waals surface area (Å²) in [7, 11) is 0. The molecule has 1 aromatic heterocycles. The predicted octanol–water partition coefficient (Wildman–Crippen LogP) is 3.07. The molecule has 0 amide bonds. The van der Waals surface area contributed by atoms with Crippen molar-refractivity contribution in [3.8, 4) is 11.4 Å². The fourth-order valence-electron chi connectivity index (χ4n) is 1.22. The van der Waals surface area contributed by atoms with Crippen LogP contribution < -0.4 is 0 Å². The first-order valence-corrected chi connectivity index (χ1v) is 7.06. The molecule has 0 saturated heterocycles. The van der Waals surface area contributed by atoms with Crippen LogP contribution in [0.4, 0.5) is 0 Å². The molecular formula is C12H14N2OS2. The highest BCUT2D eigenvalue weighted by atomic mass is 32.2. The topological polar surface area (TPSA) is 46.0 Å². The van der Waals surface area contributed by atoms with E-state index in [1.54, 1.807) is 18.7 Å². The molecule has 0 spiro atoms. The second-order valence-electron chi connectivity index (χ2n) is 3.81. The van der Waals surface area contributed by atoms with E-state index in [9.17, 15) is 5.11 Å². The maximum absolute atomic E-state index is 9.44. The molecular weight excluding hydrogens is 252 g/mol. The molecule has 2 atom stereocenters. The smallest absolute Gasteiger partial charge is 0.174 e. The number of benzene rings is 1. The van der Waals surface area contributed by atoms with Crippen molar-refractivity contribution in [2.75, 3.05) is 0 Å². The van der Waals surface area contributed by atoms with Gasteiger partial charge in [0.2, 0.25) is 0 Å². The molecule has 1 aromatic carbocycles. The summed E-state index contributed by atoms with van der Waals surface area (Å²) in [6.45, 7) is 3.77. The van der Waals surface area contributed by atoms with Gasteiger partial charge in [0.1, 0.15) is 0 Å². The Morgan fingerprint density at radius 3 is 2.59 bits per heavy atom. The van der Waals surface area contributed by atoms with Crippen molar-refractivity contribution in [2.45, 2.75) is 29.5 Å². The van der Waals surface area contributed by atoms with Crippen LogP contribution in [0.5, 0.6) is 0 Å². The van der Waals surface area contributed by atoms with Crippen molar-refractivity contribution in [2.24, 2.45) is 0 Å². The Kier molecular flexibility index (Phi) is 4.15. The molecule has 0 fully saturated rings. The summed E-state index contributed by atoms with van der Waals surface area (Å²) in [4.78, 5) is 4.46. The van der Waals surface area contributed by atoms with Gasteiger partial charge >= 0.3 is 0 Å². The van der Waals surface area contributed by atoms with Crippen LogP contribution in [0.25, 0.3) is 11.4 Å². The molecule has 0 aliphatic carbocycles. The van der Waals surface area contributed by atoms with Crippen molar-refractivity contribution >= 4 is 23.3 Å². The summed E-state index contributed by atoms with van der Waals surface area (Å²) in [6, 6.07) is 9.91. The van der Waals surface area contributed by atoms with Gasteiger partial charge in [-0.05, 0) is 18.5 Å². The highest BCUT2D eigenvalue weighted by Crippen LogP contribution is 2.29. The second-order valence-corrected chi connectivity index (χ2v) is 6.19. The maximum Gasteiger partial charge on any atom is 0.174 e. The van der Waals surface area contributed by atoms with Crippen LogP contribution >= 0.6 is 23.3 Å². The van der Waals surface area contributed by atoms with Crippen LogP contribution in [0, 0.1) is 0 Å². The number of hydrogen-bond donors (Lipinski definition) is 1. The quantitative estimate of drug-likeness (QED) is 0.864. The minimum atomic E-state index is -0.343. The third-order valence-corrected chi connectivity index (χ3v) is 4.49. The zero-order chi connectivity index (χ0) is 12.3. The normalized spacial score (nSPS) is 14.5. The number of thioether (sulfide) groups is 1. The number of nitrogens with zero attached hydrogens (tertiary/aromatic N) is 2. The van der Waals surface area contributed by atoms with E-state index in [-0.39, 0.29) is 11.4 Å². The Morgan fingerprint density at radius 1 is 1.24 bits per heavy atom. The lowest BCUT2D eigenvalue weighted by atomic mass is 10.2. The molecule has 5 heteroatoms. The summed E-state index contributed by atoms with van der Waals surface area (Å²) in [6.07, 6.45) is -0.343. The van der Waals surface area contributed by atoms with Gasteiger partial charge in [0.05, 0.1) is 6.10 Å². The standard InChI is InChI=1S/C12H14N2OS2/c1-8(15)9(2)16-12-13-11(14-17-12)10-6-4-3-5-7-10/h3-9,15H,1-2H3. The van der Waals surface area contributed by atoms with Crippen LogP contribution in [0.2, 0.25) is 0 Å². The number of hydrogen-bond acceptors (Lipinski definition) is 5. The van der Waals surface area contributed by atoms with Crippen LogP contribution in [0.3, 0.4) is 0 Å². The predicted molar refractivity (Wildman–Crippen MR) is 72.3 cm³/mol. The van der Waals surface area contributed by atoms with Crippen molar-refractivity contribution in [3.63, 3.8) is 0 Å². The van der Waals surface area contributed by atoms with Crippen LogP contribution in [-0.4, -0.2) is 25.8 Å². The highest BCUT2D eigenvalue weighted by Gasteiger charge is 2.14. The van der Waals surface area contributed by atoms with Crippen LogP contribution in [-0.2, 0) is 0 Å². The molecule has 17 heavy (non-hydrogen) atoms. The number of aliphatic hydroxyl groups is 1. The first-order chi connectivity index (χ1) is 8.16. The van der Waals surface area contributed by atoms with E-state index < -0.39 is 0 Å². The zero-order valence-electron chi connectivity index (χ0n) is 9.70. The lowest BCUT2D eigenvalue weighted by molar-refractivity contribution is 0.196. The highest BCUT2D eigenvalue weighted by molar-refractivity contribution is 8.01. The van der Waals surface area contributed by atoms with Crippen molar-refractivity contribution in [1.29, 1.82) is 0 Å². The molecule has 90 valence electrons. The number of rotatable bonds is 4. The van der Waals surface area contributed by atoms with E-state index in [4.69, 9.17) is 0 Å². The Morgan fingerprint density at radius 2 is 1.94 bits per heavy atom. The fourth-order valence-corrected chi connectivity index (χ4v) is 3.05. The average Bonchev–Trinajstić information content (AvgIpc) is 2.78. The van der Waals surface area contributed by atoms with Gasteiger partial charge in [-0.3, -0.25) is 0 Å². The van der Waals surface area contributed by atoms with E-state index in [1.165, 1.54) is 11.5 Å². The Balaban J connectivity index is 2.12. The minimum Gasteiger partial charge on any atom is -0.392 e. The molecule has 1 N–H and O–H groups in total. The van der Waals surface area contributed by atoms with Gasteiger partial charge in [0, 0.05) is 10.8 Å². The first kappa shape index (κ1) is 12.5. The fraction of sp³-hybridized carbons (Fsp3) is 0.333. The van der Waals surface area contributed by atoms with E-state index in [0.29, 0.717) is 0 Å². The van der Waals surface area contributed by atoms with Gasteiger partial charge in [0.15, 0.2) is 10.2 Å². The third-order valence-electron chi connectivity index (χ3n) is 2.41. The Labute approximate surface area is 109 Å². The van der Waals surface area contributed by atoms with Crippen LogP contribution in [0.1, 0.15) is 13.8 Å². The maximum atomic E-state index is 9.44. The number of aromatic nitrogens is 2. The zero-order valence-corrected chi connectivity index (χ0v) is 11.3. The Bertz CT molecular complexity index is 470. The summed E-state index contributed by atoms with van der Waals surface area (Å²) in [5.74, 6) is 0.760. The second kappa shape index (κ2) is 5.62. The molecule has 2 unspecified atom stereocenters. The third kappa shape index (κ3) is 3.28. The van der Waals surface area contributed by atoms with Gasteiger partial charge in [-0.1, -0.05) is 49.0 Å². The molecule has 0 aliphatic rings. The summed E-state index contributed by atoms with van der Waals surface area (Å²) in [5.41, 5.74) is 1.03. The lowest BCUT2D eigenvalue weighted by Gasteiger charge is -2.10. The average molecular weight is 266 g/mol. The van der Waals surface area contributed by atoms with E-state index >= 15 is 0 Å². The molecule has 0 bridgehead atoms. The van der Waals surface area contributed by atoms with E-state index in [2.05, 4.69) is 9.36 Å². The van der Waals surface area contributed by atoms with Crippen molar-refractivity contribution in [3.05, 3.63) is 30.3 Å². The van der Waals surface area contributed by atoms with E-state index in [0.717, 1.165) is 15.7 Å². The summed E-state index contributed by atoms with van der Waals surface area (Å²) in [5, 5.41) is 9.57. The molecule has 3 nitrogen and oxygen atoms in total. The Hall–Kier alpha value is -0.910.